The summed E-state index contributed by atoms with van der Waals surface area (Å²) in [7, 11) is -3.67. The van der Waals surface area contributed by atoms with Gasteiger partial charge in [-0.15, -0.1) is 0 Å². The Labute approximate surface area is 241 Å². The zero-order chi connectivity index (χ0) is 29.1. The zero-order valence-electron chi connectivity index (χ0n) is 22.7. The highest BCUT2D eigenvalue weighted by Gasteiger charge is 2.30. The molecule has 0 radical (unpaired) electrons. The Morgan fingerprint density at radius 3 is 2.20 bits per heavy atom. The van der Waals surface area contributed by atoms with E-state index in [-0.39, 0.29) is 37.7 Å². The lowest BCUT2D eigenvalue weighted by Gasteiger charge is -2.32. The van der Waals surface area contributed by atoms with Gasteiger partial charge in [-0.3, -0.25) is 13.9 Å². The van der Waals surface area contributed by atoms with Crippen LogP contribution in [0.5, 0.6) is 0 Å². The minimum Gasteiger partial charge on any atom is -0.354 e. The third-order valence-corrected chi connectivity index (χ3v) is 7.80. The normalized spacial score (nSPS) is 12.0. The number of sulfonamides is 1. The molecule has 1 atom stereocenters. The summed E-state index contributed by atoms with van der Waals surface area (Å²) in [5.41, 5.74) is 2.03. The first-order valence-electron chi connectivity index (χ1n) is 13.2. The molecule has 0 saturated heterocycles. The summed E-state index contributed by atoms with van der Waals surface area (Å²) in [4.78, 5) is 28.7. The molecule has 3 aromatic rings. The van der Waals surface area contributed by atoms with Gasteiger partial charge in [-0.25, -0.2) is 12.8 Å². The molecule has 0 saturated carbocycles. The maximum Gasteiger partial charge on any atom is 0.243 e. The highest BCUT2D eigenvalue weighted by atomic mass is 35.5. The SMILES string of the molecule is CCCNC(=O)[C@H](Cc1ccccc1)N(Cc1ccc(Cl)cc1)C(=O)CCCN(c1ccc(F)cc1)S(C)(=O)=O. The molecule has 1 N–H and O–H groups in total. The monoisotopic (exact) mass is 587 g/mol. The minimum absolute atomic E-state index is 0.00710. The van der Waals surface area contributed by atoms with Crippen LogP contribution in [0.15, 0.2) is 78.9 Å². The van der Waals surface area contributed by atoms with E-state index >= 15 is 0 Å². The summed E-state index contributed by atoms with van der Waals surface area (Å²) in [5, 5.41) is 3.49. The number of hydrogen-bond acceptors (Lipinski definition) is 4. The zero-order valence-corrected chi connectivity index (χ0v) is 24.3. The van der Waals surface area contributed by atoms with E-state index in [0.29, 0.717) is 23.7 Å². The molecule has 40 heavy (non-hydrogen) atoms. The third-order valence-electron chi connectivity index (χ3n) is 6.35. The smallest absolute Gasteiger partial charge is 0.243 e. The van der Waals surface area contributed by atoms with Crippen LogP contribution in [0, 0.1) is 5.82 Å². The van der Waals surface area contributed by atoms with Crippen LogP contribution < -0.4 is 9.62 Å². The van der Waals surface area contributed by atoms with E-state index in [4.69, 9.17) is 11.6 Å². The number of carbonyl (C=O) groups excluding carboxylic acids is 2. The fraction of sp³-hybridized carbons (Fsp3) is 0.333. The van der Waals surface area contributed by atoms with Crippen LogP contribution in [0.1, 0.15) is 37.3 Å². The molecule has 10 heteroatoms. The van der Waals surface area contributed by atoms with Crippen molar-refractivity contribution in [2.45, 2.75) is 45.2 Å². The maximum absolute atomic E-state index is 13.7. The second kappa shape index (κ2) is 14.8. The summed E-state index contributed by atoms with van der Waals surface area (Å²) in [6.07, 6.45) is 2.35. The van der Waals surface area contributed by atoms with Crippen LogP contribution in [0.2, 0.25) is 5.02 Å². The first-order valence-corrected chi connectivity index (χ1v) is 15.4. The molecule has 0 bridgehead atoms. The van der Waals surface area contributed by atoms with E-state index in [2.05, 4.69) is 5.32 Å². The van der Waals surface area contributed by atoms with Crippen LogP contribution in [0.4, 0.5) is 10.1 Å². The number of amides is 2. The average Bonchev–Trinajstić information content (AvgIpc) is 2.93. The molecule has 0 heterocycles. The number of carbonyl (C=O) groups is 2. The standard InChI is InChI=1S/C30H35ClFN3O4S/c1-3-19-33-30(37)28(21-23-8-5-4-6-9-23)34(22-24-11-13-25(31)14-12-24)29(36)10-7-20-35(40(2,38)39)27-17-15-26(32)16-18-27/h4-6,8-9,11-18,28H,3,7,10,19-22H2,1-2H3,(H,33,37)/t28-/m0/s1. The fourth-order valence-electron chi connectivity index (χ4n) is 4.32. The number of nitrogens with one attached hydrogen (secondary N) is 1. The van der Waals surface area contributed by atoms with Gasteiger partial charge in [0.15, 0.2) is 0 Å². The second-order valence-corrected chi connectivity index (χ2v) is 11.9. The fourth-order valence-corrected chi connectivity index (χ4v) is 5.41. The molecule has 7 nitrogen and oxygen atoms in total. The minimum atomic E-state index is -3.67. The van der Waals surface area contributed by atoms with Crippen molar-refractivity contribution in [2.75, 3.05) is 23.7 Å². The van der Waals surface area contributed by atoms with Gasteiger partial charge in [0, 0.05) is 37.5 Å². The van der Waals surface area contributed by atoms with Gasteiger partial charge in [-0.05, 0) is 60.4 Å². The largest absolute Gasteiger partial charge is 0.354 e. The van der Waals surface area contributed by atoms with Crippen molar-refractivity contribution in [2.24, 2.45) is 0 Å². The molecule has 0 spiro atoms. The van der Waals surface area contributed by atoms with Gasteiger partial charge in [0.25, 0.3) is 0 Å². The van der Waals surface area contributed by atoms with Crippen molar-refractivity contribution in [3.63, 3.8) is 0 Å². The van der Waals surface area contributed by atoms with E-state index in [1.165, 1.54) is 24.3 Å². The van der Waals surface area contributed by atoms with Gasteiger partial charge >= 0.3 is 0 Å². The van der Waals surface area contributed by atoms with Gasteiger partial charge in [-0.2, -0.15) is 0 Å². The van der Waals surface area contributed by atoms with Crippen molar-refractivity contribution in [1.82, 2.24) is 10.2 Å². The van der Waals surface area contributed by atoms with Crippen LogP contribution in [-0.4, -0.2) is 50.5 Å². The Hall–Kier alpha value is -3.43. The van der Waals surface area contributed by atoms with Gasteiger partial charge in [-0.1, -0.05) is 61.0 Å². The van der Waals surface area contributed by atoms with Crippen LogP contribution in [0.25, 0.3) is 0 Å². The van der Waals surface area contributed by atoms with Crippen LogP contribution in [-0.2, 0) is 32.6 Å². The number of anilines is 1. The van der Waals surface area contributed by atoms with Crippen LogP contribution >= 0.6 is 11.6 Å². The van der Waals surface area contributed by atoms with Gasteiger partial charge in [0.05, 0.1) is 11.9 Å². The van der Waals surface area contributed by atoms with Gasteiger partial charge in [0.2, 0.25) is 21.8 Å². The van der Waals surface area contributed by atoms with E-state index < -0.39 is 21.9 Å². The molecule has 0 aliphatic carbocycles. The van der Waals surface area contributed by atoms with Crippen molar-refractivity contribution in [3.05, 3.63) is 101 Å². The highest BCUT2D eigenvalue weighted by molar-refractivity contribution is 7.92. The molecule has 0 unspecified atom stereocenters. The Balaban J connectivity index is 1.85. The molecule has 0 aromatic heterocycles. The Bertz CT molecular complexity index is 1350. The summed E-state index contributed by atoms with van der Waals surface area (Å²) in [6, 6.07) is 21.0. The lowest BCUT2D eigenvalue weighted by Crippen LogP contribution is -2.50. The molecular formula is C30H35ClFN3O4S. The first kappa shape index (κ1) is 31.1. The average molecular weight is 588 g/mol. The predicted octanol–water partition coefficient (Wildman–Crippen LogP) is 5.19. The highest BCUT2D eigenvalue weighted by Crippen LogP contribution is 2.21. The number of halogens is 2. The molecule has 0 fully saturated rings. The second-order valence-electron chi connectivity index (χ2n) is 9.56. The van der Waals surface area contributed by atoms with Crippen molar-refractivity contribution < 1.29 is 22.4 Å². The van der Waals surface area contributed by atoms with E-state index in [1.54, 1.807) is 17.0 Å². The van der Waals surface area contributed by atoms with E-state index in [9.17, 15) is 22.4 Å². The quantitative estimate of drug-likeness (QED) is 0.281. The first-order chi connectivity index (χ1) is 19.1. The maximum atomic E-state index is 13.7. The number of benzene rings is 3. The summed E-state index contributed by atoms with van der Waals surface area (Å²) in [6.45, 7) is 2.64. The lowest BCUT2D eigenvalue weighted by atomic mass is 10.0. The topological polar surface area (TPSA) is 86.8 Å². The molecule has 0 aliphatic rings. The number of hydrogen-bond donors (Lipinski definition) is 1. The Morgan fingerprint density at radius 1 is 0.950 bits per heavy atom. The lowest BCUT2D eigenvalue weighted by molar-refractivity contribution is -0.141. The van der Waals surface area contributed by atoms with Crippen molar-refractivity contribution in [1.29, 1.82) is 0 Å². The van der Waals surface area contributed by atoms with Crippen molar-refractivity contribution >= 4 is 39.1 Å². The van der Waals surface area contributed by atoms with Crippen molar-refractivity contribution in [3.8, 4) is 0 Å². The molecular weight excluding hydrogens is 553 g/mol. The van der Waals surface area contributed by atoms with Crippen LogP contribution in [0.3, 0.4) is 0 Å². The molecule has 0 aliphatic heterocycles. The molecule has 2 amide bonds. The molecule has 3 rings (SSSR count). The molecule has 214 valence electrons. The van der Waals surface area contributed by atoms with E-state index in [1.807, 2.05) is 49.4 Å². The summed E-state index contributed by atoms with van der Waals surface area (Å²) in [5.74, 6) is -1.01. The summed E-state index contributed by atoms with van der Waals surface area (Å²) < 4.78 is 39.5. The Kier molecular flexibility index (Phi) is 11.5. The molecule has 3 aromatic carbocycles. The van der Waals surface area contributed by atoms with E-state index in [0.717, 1.165) is 28.1 Å². The van der Waals surface area contributed by atoms with Gasteiger partial charge < -0.3 is 10.2 Å². The number of rotatable bonds is 14. The summed E-state index contributed by atoms with van der Waals surface area (Å²) >= 11 is 6.06. The Morgan fingerprint density at radius 2 is 1.60 bits per heavy atom. The van der Waals surface area contributed by atoms with Gasteiger partial charge in [0.1, 0.15) is 11.9 Å². The number of nitrogens with zero attached hydrogens (tertiary/aromatic N) is 2. The third kappa shape index (κ3) is 9.34. The predicted molar refractivity (Wildman–Crippen MR) is 157 cm³/mol.